The van der Waals surface area contributed by atoms with Gasteiger partial charge in [-0.05, 0) is 19.4 Å². The summed E-state index contributed by atoms with van der Waals surface area (Å²) in [6, 6.07) is -1.15. The zero-order valence-corrected chi connectivity index (χ0v) is 14.9. The van der Waals surface area contributed by atoms with E-state index >= 15 is 0 Å². The van der Waals surface area contributed by atoms with Gasteiger partial charge in [0, 0.05) is 0 Å². The Labute approximate surface area is 138 Å². The summed E-state index contributed by atoms with van der Waals surface area (Å²) >= 11 is 2.66. The third-order valence-electron chi connectivity index (χ3n) is 2.62. The zero-order chi connectivity index (χ0) is 17.1. The van der Waals surface area contributed by atoms with E-state index in [0.29, 0.717) is 4.38 Å². The van der Waals surface area contributed by atoms with Crippen LogP contribution < -0.4 is 0 Å². The minimum Gasteiger partial charge on any atom is -0.469 e. The number of esters is 3. The van der Waals surface area contributed by atoms with Crippen molar-refractivity contribution >= 4 is 45.8 Å². The maximum atomic E-state index is 12.1. The number of nitrogens with zero attached hydrogens (tertiary/aromatic N) is 1. The fraction of sp³-hybridized carbons (Fsp3) is 0.692. The Morgan fingerprint density at radius 3 is 2.05 bits per heavy atom. The third kappa shape index (κ3) is 6.69. The van der Waals surface area contributed by atoms with Crippen molar-refractivity contribution in [2.45, 2.75) is 19.4 Å². The summed E-state index contributed by atoms with van der Waals surface area (Å²) in [6.45, 7) is 1.79. The fourth-order valence-corrected chi connectivity index (χ4v) is 2.68. The average molecular weight is 351 g/mol. The molecule has 0 spiro atoms. The molecule has 0 bridgehead atoms. The van der Waals surface area contributed by atoms with Crippen LogP contribution in [-0.2, 0) is 28.6 Å². The van der Waals surface area contributed by atoms with Crippen LogP contribution in [0, 0.1) is 5.92 Å². The van der Waals surface area contributed by atoms with Gasteiger partial charge in [0.05, 0.1) is 27.2 Å². The topological polar surface area (TPSA) is 91.3 Å². The number of aliphatic imine (C=N–C) groups is 1. The van der Waals surface area contributed by atoms with Crippen molar-refractivity contribution < 1.29 is 28.6 Å². The van der Waals surface area contributed by atoms with Crippen LogP contribution in [0.4, 0.5) is 0 Å². The van der Waals surface area contributed by atoms with E-state index in [9.17, 15) is 14.4 Å². The molecule has 0 aliphatic heterocycles. The van der Waals surface area contributed by atoms with Crippen molar-refractivity contribution in [1.82, 2.24) is 0 Å². The Morgan fingerprint density at radius 2 is 1.64 bits per heavy atom. The number of methoxy groups -OCH3 is 2. The van der Waals surface area contributed by atoms with Crippen LogP contribution in [0.25, 0.3) is 0 Å². The third-order valence-corrected chi connectivity index (χ3v) is 4.53. The molecule has 0 unspecified atom stereocenters. The minimum atomic E-state index is -1.15. The van der Waals surface area contributed by atoms with Gasteiger partial charge in [0.25, 0.3) is 0 Å². The van der Waals surface area contributed by atoms with Gasteiger partial charge in [-0.1, -0.05) is 0 Å². The van der Waals surface area contributed by atoms with E-state index in [1.165, 1.54) is 37.7 Å². The lowest BCUT2D eigenvalue weighted by Gasteiger charge is -2.20. The quantitative estimate of drug-likeness (QED) is 0.294. The van der Waals surface area contributed by atoms with Crippen molar-refractivity contribution in [3.63, 3.8) is 0 Å². The normalized spacial score (nSPS) is 12.8. The first-order chi connectivity index (χ1) is 10.4. The molecule has 7 nitrogen and oxygen atoms in total. The second-order valence-corrected chi connectivity index (χ2v) is 5.76. The van der Waals surface area contributed by atoms with E-state index in [1.807, 2.05) is 0 Å². The van der Waals surface area contributed by atoms with Gasteiger partial charge in [0.15, 0.2) is 6.04 Å². The highest BCUT2D eigenvalue weighted by Gasteiger charge is 2.38. The number of rotatable bonds is 7. The number of thioether (sulfide) groups is 2. The Bertz CT molecular complexity index is 421. The zero-order valence-electron chi connectivity index (χ0n) is 13.3. The first-order valence-corrected chi connectivity index (χ1v) is 8.87. The molecule has 0 N–H and O–H groups in total. The second-order valence-electron chi connectivity index (χ2n) is 3.91. The van der Waals surface area contributed by atoms with Gasteiger partial charge >= 0.3 is 17.9 Å². The lowest BCUT2D eigenvalue weighted by Crippen LogP contribution is -2.37. The molecule has 0 fully saturated rings. The van der Waals surface area contributed by atoms with Gasteiger partial charge in [-0.25, -0.2) is 4.79 Å². The van der Waals surface area contributed by atoms with Gasteiger partial charge in [0.2, 0.25) is 0 Å². The summed E-state index contributed by atoms with van der Waals surface area (Å²) in [7, 11) is 2.39. The first-order valence-electron chi connectivity index (χ1n) is 6.42. The smallest absolute Gasteiger partial charge is 0.331 e. The van der Waals surface area contributed by atoms with Crippen LogP contribution in [-0.4, -0.2) is 61.7 Å². The van der Waals surface area contributed by atoms with E-state index in [0.717, 1.165) is 0 Å². The predicted molar refractivity (Wildman–Crippen MR) is 87.0 cm³/mol. The van der Waals surface area contributed by atoms with Gasteiger partial charge in [-0.15, -0.1) is 23.5 Å². The molecule has 0 aliphatic rings. The molecule has 0 aromatic heterocycles. The molecule has 0 aromatic carbocycles. The summed E-state index contributed by atoms with van der Waals surface area (Å²) in [4.78, 5) is 39.8. The van der Waals surface area contributed by atoms with Crippen molar-refractivity contribution in [3.8, 4) is 0 Å². The Morgan fingerprint density at radius 1 is 1.05 bits per heavy atom. The SMILES string of the molecule is CCOC(=O)[C@@H](N=C(SC)SC)[C@H](CC(=O)OC)C(=O)OC. The molecule has 22 heavy (non-hydrogen) atoms. The van der Waals surface area contributed by atoms with E-state index in [4.69, 9.17) is 4.74 Å². The number of ether oxygens (including phenoxy) is 3. The molecule has 0 saturated heterocycles. The number of hydrogen-bond donors (Lipinski definition) is 0. The largest absolute Gasteiger partial charge is 0.469 e. The highest BCUT2D eigenvalue weighted by molar-refractivity contribution is 8.38. The summed E-state index contributed by atoms with van der Waals surface area (Å²) in [5.74, 6) is -3.11. The first kappa shape index (κ1) is 20.8. The monoisotopic (exact) mass is 351 g/mol. The lowest BCUT2D eigenvalue weighted by molar-refractivity contribution is -0.158. The molecular formula is C13H21NO6S2. The van der Waals surface area contributed by atoms with E-state index in [2.05, 4.69) is 14.5 Å². The molecule has 0 amide bonds. The molecule has 2 atom stereocenters. The van der Waals surface area contributed by atoms with Crippen molar-refractivity contribution in [3.05, 3.63) is 0 Å². The molecular weight excluding hydrogens is 330 g/mol. The number of carbonyl (C=O) groups excluding carboxylic acids is 3. The lowest BCUT2D eigenvalue weighted by atomic mass is 9.96. The van der Waals surface area contributed by atoms with Crippen LogP contribution in [0.2, 0.25) is 0 Å². The summed E-state index contributed by atoms with van der Waals surface area (Å²) in [6.07, 6.45) is 3.28. The number of carbonyl (C=O) groups is 3. The maximum Gasteiger partial charge on any atom is 0.331 e. The van der Waals surface area contributed by atoms with E-state index < -0.39 is 29.9 Å². The van der Waals surface area contributed by atoms with Crippen LogP contribution >= 0.6 is 23.5 Å². The minimum absolute atomic E-state index is 0.144. The highest BCUT2D eigenvalue weighted by Crippen LogP contribution is 2.21. The summed E-state index contributed by atoms with van der Waals surface area (Å²) in [5.41, 5.74) is 0. The van der Waals surface area contributed by atoms with Crippen LogP contribution in [0.3, 0.4) is 0 Å². The van der Waals surface area contributed by atoms with E-state index in [-0.39, 0.29) is 13.0 Å². The van der Waals surface area contributed by atoms with Crippen molar-refractivity contribution in [2.75, 3.05) is 33.3 Å². The molecule has 9 heteroatoms. The Balaban J connectivity index is 5.61. The Kier molecular flexibility index (Phi) is 10.7. The van der Waals surface area contributed by atoms with E-state index in [1.54, 1.807) is 19.4 Å². The summed E-state index contributed by atoms with van der Waals surface area (Å²) in [5, 5.41) is 0. The summed E-state index contributed by atoms with van der Waals surface area (Å²) < 4.78 is 14.8. The molecule has 0 aliphatic carbocycles. The predicted octanol–water partition coefficient (Wildman–Crippen LogP) is 1.35. The molecule has 0 rings (SSSR count). The Hall–Kier alpha value is -1.22. The standard InChI is InChI=1S/C13H21NO6S2/c1-6-20-12(17)10(14-13(21-4)22-5)8(11(16)19-3)7-9(15)18-2/h8,10H,6-7H2,1-5H3/t8-,10-/m0/s1. The average Bonchev–Trinajstić information content (AvgIpc) is 2.53. The number of hydrogen-bond acceptors (Lipinski definition) is 9. The maximum absolute atomic E-state index is 12.1. The molecule has 0 radical (unpaired) electrons. The molecule has 0 aromatic rings. The highest BCUT2D eigenvalue weighted by atomic mass is 32.2. The van der Waals surface area contributed by atoms with Crippen molar-refractivity contribution in [2.24, 2.45) is 10.9 Å². The molecule has 126 valence electrons. The van der Waals surface area contributed by atoms with Gasteiger partial charge < -0.3 is 14.2 Å². The van der Waals surface area contributed by atoms with Crippen LogP contribution in [0.1, 0.15) is 13.3 Å². The van der Waals surface area contributed by atoms with Gasteiger partial charge in [0.1, 0.15) is 10.3 Å². The molecule has 0 heterocycles. The van der Waals surface area contributed by atoms with Gasteiger partial charge in [-0.2, -0.15) is 0 Å². The van der Waals surface area contributed by atoms with Crippen molar-refractivity contribution in [1.29, 1.82) is 0 Å². The van der Waals surface area contributed by atoms with Gasteiger partial charge in [-0.3, -0.25) is 14.6 Å². The fourth-order valence-electron chi connectivity index (χ4n) is 1.58. The molecule has 0 saturated carbocycles. The van der Waals surface area contributed by atoms with Crippen LogP contribution in [0.5, 0.6) is 0 Å². The second kappa shape index (κ2) is 11.4. The van der Waals surface area contributed by atoms with Crippen LogP contribution in [0.15, 0.2) is 4.99 Å².